The summed E-state index contributed by atoms with van der Waals surface area (Å²) in [5.41, 5.74) is 0. The van der Waals surface area contributed by atoms with Crippen molar-refractivity contribution in [3.05, 3.63) is 21.9 Å². The van der Waals surface area contributed by atoms with E-state index >= 15 is 0 Å². The summed E-state index contributed by atoms with van der Waals surface area (Å²) in [6.07, 6.45) is 1.28. The number of aryl methyl sites for hydroxylation is 2. The summed E-state index contributed by atoms with van der Waals surface area (Å²) in [5, 5.41) is 0. The van der Waals surface area contributed by atoms with Crippen molar-refractivity contribution in [3.63, 3.8) is 0 Å². The number of nitrogens with zero attached hydrogens (tertiary/aromatic N) is 1. The minimum atomic E-state index is -3.13. The fourth-order valence-corrected chi connectivity index (χ4v) is 2.92. The lowest BCUT2D eigenvalue weighted by atomic mass is 10.2. The van der Waals surface area contributed by atoms with Crippen LogP contribution < -0.4 is 0 Å². The summed E-state index contributed by atoms with van der Waals surface area (Å²) >= 11 is 1.72. The Morgan fingerprint density at radius 3 is 2.76 bits per heavy atom. The zero-order valence-corrected chi connectivity index (χ0v) is 10.5. The number of rotatable bonds is 4. The highest BCUT2D eigenvalue weighted by atomic mass is 32.1. The Kier molecular flexibility index (Phi) is 3.47. The Hall–Kier alpha value is -0.970. The van der Waals surface area contributed by atoms with Gasteiger partial charge in [0, 0.05) is 29.3 Å². The Morgan fingerprint density at radius 2 is 2.24 bits per heavy atom. The van der Waals surface area contributed by atoms with E-state index in [4.69, 9.17) is 0 Å². The summed E-state index contributed by atoms with van der Waals surface area (Å²) in [6.45, 7) is 2.67. The monoisotopic (exact) mass is 259 g/mol. The van der Waals surface area contributed by atoms with Crippen LogP contribution in [-0.2, 0) is 11.2 Å². The van der Waals surface area contributed by atoms with Gasteiger partial charge in [-0.3, -0.25) is 4.79 Å². The molecule has 1 fully saturated rings. The highest BCUT2D eigenvalue weighted by Gasteiger charge is 2.47. The Balaban J connectivity index is 1.78. The molecule has 94 valence electrons. The van der Waals surface area contributed by atoms with Crippen LogP contribution >= 0.6 is 11.3 Å². The van der Waals surface area contributed by atoms with E-state index in [1.807, 2.05) is 6.92 Å². The predicted octanol–water partition coefficient (Wildman–Crippen LogP) is 2.86. The van der Waals surface area contributed by atoms with Crippen LogP contribution in [0.3, 0.4) is 0 Å². The van der Waals surface area contributed by atoms with Crippen molar-refractivity contribution in [1.29, 1.82) is 0 Å². The number of halogens is 2. The number of hydrogen-bond donors (Lipinski definition) is 0. The molecule has 2 nitrogen and oxygen atoms in total. The number of amides is 1. The van der Waals surface area contributed by atoms with Crippen LogP contribution in [0.25, 0.3) is 0 Å². The van der Waals surface area contributed by atoms with Crippen molar-refractivity contribution in [1.82, 2.24) is 4.90 Å². The maximum absolute atomic E-state index is 13.0. The highest BCUT2D eigenvalue weighted by Crippen LogP contribution is 2.28. The van der Waals surface area contributed by atoms with Gasteiger partial charge in [-0.15, -0.1) is 11.3 Å². The third-order valence-electron chi connectivity index (χ3n) is 2.94. The van der Waals surface area contributed by atoms with E-state index < -0.39 is 11.8 Å². The van der Waals surface area contributed by atoms with Crippen LogP contribution in [0.5, 0.6) is 0 Å². The molecular weight excluding hydrogens is 244 g/mol. The minimum absolute atomic E-state index is 0.190. The first-order valence-corrected chi connectivity index (χ1v) is 6.53. The second-order valence-corrected chi connectivity index (χ2v) is 5.74. The Labute approximate surface area is 103 Å². The number of thiophene rings is 1. The van der Waals surface area contributed by atoms with Crippen LogP contribution in [-0.4, -0.2) is 29.8 Å². The van der Waals surface area contributed by atoms with Gasteiger partial charge in [0.25, 0.3) is 5.91 Å². The third-order valence-corrected chi connectivity index (χ3v) is 4.00. The molecule has 5 heteroatoms. The molecule has 1 aromatic rings. The number of carbonyl (C=O) groups excluding carboxylic acids is 1. The molecule has 1 aromatic heterocycles. The normalized spacial score (nSPS) is 19.0. The van der Waals surface area contributed by atoms with Gasteiger partial charge < -0.3 is 4.90 Å². The molecule has 2 rings (SSSR count). The summed E-state index contributed by atoms with van der Waals surface area (Å²) < 4.78 is 25.9. The van der Waals surface area contributed by atoms with E-state index in [1.165, 1.54) is 14.7 Å². The number of carbonyl (C=O) groups is 1. The zero-order valence-electron chi connectivity index (χ0n) is 9.71. The van der Waals surface area contributed by atoms with Crippen LogP contribution in [0.4, 0.5) is 8.78 Å². The zero-order chi connectivity index (χ0) is 12.5. The van der Waals surface area contributed by atoms with Crippen molar-refractivity contribution in [2.24, 2.45) is 0 Å². The lowest BCUT2D eigenvalue weighted by Gasteiger charge is -2.15. The van der Waals surface area contributed by atoms with Crippen LogP contribution in [0.2, 0.25) is 0 Å². The predicted molar refractivity (Wildman–Crippen MR) is 63.5 cm³/mol. The van der Waals surface area contributed by atoms with E-state index in [9.17, 15) is 13.6 Å². The molecule has 0 aliphatic carbocycles. The number of alkyl halides is 2. The van der Waals surface area contributed by atoms with Gasteiger partial charge in [0.1, 0.15) is 0 Å². The first-order valence-electron chi connectivity index (χ1n) is 5.71. The molecule has 0 bridgehead atoms. The maximum atomic E-state index is 13.0. The molecule has 0 spiro atoms. The molecule has 0 radical (unpaired) electrons. The molecule has 1 aliphatic rings. The first-order chi connectivity index (χ1) is 7.99. The highest BCUT2D eigenvalue weighted by molar-refractivity contribution is 7.11. The maximum Gasteiger partial charge on any atom is 0.326 e. The third kappa shape index (κ3) is 2.83. The molecule has 0 saturated carbocycles. The van der Waals surface area contributed by atoms with Crippen molar-refractivity contribution >= 4 is 17.2 Å². The summed E-state index contributed by atoms with van der Waals surface area (Å²) in [4.78, 5) is 15.0. The van der Waals surface area contributed by atoms with E-state index in [0.29, 0.717) is 6.54 Å². The largest absolute Gasteiger partial charge is 0.337 e. The topological polar surface area (TPSA) is 20.3 Å². The number of hydrogen-bond acceptors (Lipinski definition) is 2. The molecule has 0 atom stereocenters. The second kappa shape index (κ2) is 4.72. The summed E-state index contributed by atoms with van der Waals surface area (Å²) in [7, 11) is 0. The molecule has 2 heterocycles. The molecule has 1 aliphatic heterocycles. The van der Waals surface area contributed by atoms with Gasteiger partial charge in [0.05, 0.1) is 0 Å². The lowest BCUT2D eigenvalue weighted by molar-refractivity contribution is -0.147. The molecule has 0 unspecified atom stereocenters. The second-order valence-electron chi connectivity index (χ2n) is 4.36. The van der Waals surface area contributed by atoms with E-state index in [1.54, 1.807) is 11.3 Å². The summed E-state index contributed by atoms with van der Waals surface area (Å²) in [6, 6.07) is 4.11. The molecule has 1 amide bonds. The van der Waals surface area contributed by atoms with Crippen LogP contribution in [0, 0.1) is 6.92 Å². The van der Waals surface area contributed by atoms with Gasteiger partial charge in [0.2, 0.25) is 0 Å². The average molecular weight is 259 g/mol. The average Bonchev–Trinajstić information content (AvgIpc) is 2.77. The van der Waals surface area contributed by atoms with Crippen molar-refractivity contribution in [2.75, 3.05) is 13.1 Å². The molecule has 0 N–H and O–H groups in total. The Bertz CT molecular complexity index is 416. The van der Waals surface area contributed by atoms with Crippen molar-refractivity contribution in [3.8, 4) is 0 Å². The van der Waals surface area contributed by atoms with Gasteiger partial charge in [-0.05, 0) is 31.9 Å². The fraction of sp³-hybridized carbons (Fsp3) is 0.583. The van der Waals surface area contributed by atoms with Crippen LogP contribution in [0.15, 0.2) is 12.1 Å². The van der Waals surface area contributed by atoms with Gasteiger partial charge in [-0.25, -0.2) is 0 Å². The first kappa shape index (κ1) is 12.5. The van der Waals surface area contributed by atoms with Gasteiger partial charge >= 0.3 is 5.92 Å². The van der Waals surface area contributed by atoms with E-state index in [2.05, 4.69) is 12.1 Å². The molecule has 17 heavy (non-hydrogen) atoms. The van der Waals surface area contributed by atoms with E-state index in [-0.39, 0.29) is 13.0 Å². The van der Waals surface area contributed by atoms with Gasteiger partial charge in [-0.1, -0.05) is 0 Å². The minimum Gasteiger partial charge on any atom is -0.337 e. The Morgan fingerprint density at radius 1 is 1.47 bits per heavy atom. The van der Waals surface area contributed by atoms with Crippen molar-refractivity contribution in [2.45, 2.75) is 32.1 Å². The quantitative estimate of drug-likeness (QED) is 0.814. The van der Waals surface area contributed by atoms with Gasteiger partial charge in [-0.2, -0.15) is 8.78 Å². The summed E-state index contributed by atoms with van der Waals surface area (Å²) in [5.74, 6) is -4.13. The van der Waals surface area contributed by atoms with Crippen LogP contribution in [0.1, 0.15) is 22.6 Å². The molecule has 0 aromatic carbocycles. The standard InChI is InChI=1S/C12H15F2NOS/c1-9-4-5-10(17-9)3-2-7-15-8-6-12(13,14)11(15)16/h4-5H,2-3,6-8H2,1H3. The fourth-order valence-electron chi connectivity index (χ4n) is 1.99. The lowest BCUT2D eigenvalue weighted by Crippen LogP contribution is -2.34. The molecular formula is C12H15F2NOS. The van der Waals surface area contributed by atoms with Gasteiger partial charge in [0.15, 0.2) is 0 Å². The smallest absolute Gasteiger partial charge is 0.326 e. The number of likely N-dealkylation sites (tertiary alicyclic amines) is 1. The molecule has 1 saturated heterocycles. The van der Waals surface area contributed by atoms with E-state index in [0.717, 1.165) is 12.8 Å². The SMILES string of the molecule is Cc1ccc(CCCN2CCC(F)(F)C2=O)s1. The van der Waals surface area contributed by atoms with Crippen molar-refractivity contribution < 1.29 is 13.6 Å².